The maximum atomic E-state index is 8.19. The second kappa shape index (κ2) is 2.03. The fourth-order valence-corrected chi connectivity index (χ4v) is 1.95. The zero-order valence-corrected chi connectivity index (χ0v) is 5.64. The van der Waals surface area contributed by atoms with E-state index in [9.17, 15) is 0 Å². The molecule has 3 nitrogen and oxygen atoms in total. The number of nitrogens with zero attached hydrogens (tertiary/aromatic N) is 3. The zero-order chi connectivity index (χ0) is 6.97. The Morgan fingerprint density at radius 1 is 1.40 bits per heavy atom. The van der Waals surface area contributed by atoms with E-state index in [0.717, 1.165) is 6.42 Å². The molecular weight excluding hydrogens is 126 g/mol. The lowest BCUT2D eigenvalue weighted by Gasteiger charge is -2.09. The third kappa shape index (κ3) is 0.711. The van der Waals surface area contributed by atoms with Crippen molar-refractivity contribution in [3.05, 3.63) is 22.6 Å². The molecule has 3 atom stereocenters. The largest absolute Gasteiger partial charge is 0.0900 e. The smallest absolute Gasteiger partial charge is 0.0442 e. The lowest BCUT2D eigenvalue weighted by Crippen LogP contribution is -2.08. The van der Waals surface area contributed by atoms with Gasteiger partial charge in [0.15, 0.2) is 0 Å². The Morgan fingerprint density at radius 2 is 2.30 bits per heavy atom. The molecule has 0 heterocycles. The van der Waals surface area contributed by atoms with Gasteiger partial charge in [0.25, 0.3) is 0 Å². The predicted octanol–water partition coefficient (Wildman–Crippen LogP) is 2.26. The Kier molecular flexibility index (Phi) is 1.18. The van der Waals surface area contributed by atoms with Crippen molar-refractivity contribution in [1.29, 1.82) is 0 Å². The summed E-state index contributed by atoms with van der Waals surface area (Å²) in [5.41, 5.74) is 8.19. The van der Waals surface area contributed by atoms with Gasteiger partial charge in [-0.05, 0) is 30.2 Å². The van der Waals surface area contributed by atoms with E-state index in [0.29, 0.717) is 11.8 Å². The summed E-state index contributed by atoms with van der Waals surface area (Å²) in [6.07, 6.45) is 6.72. The van der Waals surface area contributed by atoms with E-state index in [1.165, 1.54) is 6.42 Å². The van der Waals surface area contributed by atoms with Gasteiger partial charge in [0.05, 0.1) is 0 Å². The number of allylic oxidation sites excluding steroid dienone is 1. The van der Waals surface area contributed by atoms with Crippen LogP contribution in [0.4, 0.5) is 0 Å². The predicted molar refractivity (Wildman–Crippen MR) is 38.3 cm³/mol. The summed E-state index contributed by atoms with van der Waals surface area (Å²) in [5, 5.41) is 3.74. The van der Waals surface area contributed by atoms with Gasteiger partial charge < -0.3 is 0 Å². The van der Waals surface area contributed by atoms with E-state index in [-0.39, 0.29) is 6.04 Å². The van der Waals surface area contributed by atoms with Crippen LogP contribution in [0.25, 0.3) is 10.4 Å². The van der Waals surface area contributed by atoms with Gasteiger partial charge in [0.1, 0.15) is 0 Å². The molecule has 52 valence electrons. The molecular formula is C7H9N3. The van der Waals surface area contributed by atoms with Crippen molar-refractivity contribution in [2.45, 2.75) is 18.9 Å². The van der Waals surface area contributed by atoms with Crippen molar-refractivity contribution in [3.63, 3.8) is 0 Å². The summed E-state index contributed by atoms with van der Waals surface area (Å²) in [6.45, 7) is 0. The summed E-state index contributed by atoms with van der Waals surface area (Å²) in [4.78, 5) is 2.83. The summed E-state index contributed by atoms with van der Waals surface area (Å²) >= 11 is 0. The highest BCUT2D eigenvalue weighted by Gasteiger charge is 2.34. The number of hydrogen-bond donors (Lipinski definition) is 0. The van der Waals surface area contributed by atoms with Gasteiger partial charge in [-0.1, -0.05) is 17.3 Å². The lowest BCUT2D eigenvalue weighted by molar-refractivity contribution is 0.573. The van der Waals surface area contributed by atoms with Crippen LogP contribution in [0.1, 0.15) is 12.8 Å². The molecule has 1 saturated carbocycles. The van der Waals surface area contributed by atoms with Gasteiger partial charge in [-0.2, -0.15) is 0 Å². The molecule has 0 radical (unpaired) electrons. The molecule has 0 aliphatic heterocycles. The van der Waals surface area contributed by atoms with Crippen LogP contribution in [-0.4, -0.2) is 6.04 Å². The molecule has 2 aliphatic carbocycles. The van der Waals surface area contributed by atoms with E-state index >= 15 is 0 Å². The second-order valence-electron chi connectivity index (χ2n) is 3.05. The maximum Gasteiger partial charge on any atom is 0.0442 e. The Labute approximate surface area is 59.4 Å². The SMILES string of the molecule is [N-]=[N+]=N[C@@H]1C[C@H]2C=C[C@@H]1C2. The Hall–Kier alpha value is -0.950. The van der Waals surface area contributed by atoms with Gasteiger partial charge in [-0.25, -0.2) is 0 Å². The molecule has 2 rings (SSSR count). The van der Waals surface area contributed by atoms with Crippen molar-refractivity contribution in [2.24, 2.45) is 17.0 Å². The molecule has 0 N–H and O–H groups in total. The van der Waals surface area contributed by atoms with E-state index in [4.69, 9.17) is 5.53 Å². The second-order valence-corrected chi connectivity index (χ2v) is 3.05. The molecule has 0 amide bonds. The molecule has 0 aromatic carbocycles. The average molecular weight is 135 g/mol. The highest BCUT2D eigenvalue weighted by Crippen LogP contribution is 2.40. The minimum Gasteiger partial charge on any atom is -0.0900 e. The first kappa shape index (κ1) is 5.81. The highest BCUT2D eigenvalue weighted by atomic mass is 15.2. The first-order valence-corrected chi connectivity index (χ1v) is 3.62. The topological polar surface area (TPSA) is 48.8 Å². The summed E-state index contributed by atoms with van der Waals surface area (Å²) in [5.74, 6) is 1.27. The molecule has 0 spiro atoms. The first-order chi connectivity index (χ1) is 4.90. The van der Waals surface area contributed by atoms with Crippen LogP contribution in [0.15, 0.2) is 17.3 Å². The molecule has 0 saturated heterocycles. The Balaban J connectivity index is 2.16. The number of hydrogen-bond acceptors (Lipinski definition) is 1. The number of rotatable bonds is 1. The van der Waals surface area contributed by atoms with Crippen LogP contribution in [-0.2, 0) is 0 Å². The third-order valence-corrected chi connectivity index (χ3v) is 2.44. The molecule has 1 fully saturated rings. The normalized spacial score (nSPS) is 41.8. The number of fused-ring (bicyclic) bond motifs is 2. The van der Waals surface area contributed by atoms with Crippen LogP contribution in [0.3, 0.4) is 0 Å². The van der Waals surface area contributed by atoms with E-state index in [1.807, 2.05) is 0 Å². The van der Waals surface area contributed by atoms with E-state index in [2.05, 4.69) is 22.2 Å². The lowest BCUT2D eigenvalue weighted by atomic mass is 10.0. The summed E-state index contributed by atoms with van der Waals surface area (Å²) in [6, 6.07) is 0.264. The van der Waals surface area contributed by atoms with Crippen LogP contribution >= 0.6 is 0 Å². The average Bonchev–Trinajstić information content (AvgIpc) is 2.48. The van der Waals surface area contributed by atoms with Crippen molar-refractivity contribution in [1.82, 2.24) is 0 Å². The standard InChI is InChI=1S/C7H9N3/c8-10-9-7-4-5-1-2-6(7)3-5/h1-2,5-7H,3-4H2/t5-,6+,7+/m0/s1. The molecule has 2 bridgehead atoms. The summed E-state index contributed by atoms with van der Waals surface area (Å²) in [7, 11) is 0. The first-order valence-electron chi connectivity index (χ1n) is 3.62. The minimum atomic E-state index is 0.264. The third-order valence-electron chi connectivity index (χ3n) is 2.44. The molecule has 3 heteroatoms. The van der Waals surface area contributed by atoms with Crippen LogP contribution in [0, 0.1) is 11.8 Å². The van der Waals surface area contributed by atoms with Crippen LogP contribution < -0.4 is 0 Å². The quantitative estimate of drug-likeness (QED) is 0.229. The van der Waals surface area contributed by atoms with Gasteiger partial charge in [0, 0.05) is 11.0 Å². The van der Waals surface area contributed by atoms with E-state index < -0.39 is 0 Å². The highest BCUT2D eigenvalue weighted by molar-refractivity contribution is 5.12. The minimum absolute atomic E-state index is 0.264. The number of azide groups is 1. The molecule has 0 unspecified atom stereocenters. The van der Waals surface area contributed by atoms with Crippen LogP contribution in [0.5, 0.6) is 0 Å². The van der Waals surface area contributed by atoms with E-state index in [1.54, 1.807) is 0 Å². The summed E-state index contributed by atoms with van der Waals surface area (Å²) < 4.78 is 0. The molecule has 0 aromatic rings. The Bertz CT molecular complexity index is 215. The van der Waals surface area contributed by atoms with Gasteiger partial charge in [0.2, 0.25) is 0 Å². The zero-order valence-electron chi connectivity index (χ0n) is 5.64. The molecule has 0 aromatic heterocycles. The monoisotopic (exact) mass is 135 g/mol. The van der Waals surface area contributed by atoms with Gasteiger partial charge in [-0.15, -0.1) is 0 Å². The van der Waals surface area contributed by atoms with Gasteiger partial charge in [-0.3, -0.25) is 0 Å². The maximum absolute atomic E-state index is 8.19. The van der Waals surface area contributed by atoms with Crippen molar-refractivity contribution >= 4 is 0 Å². The fourth-order valence-electron chi connectivity index (χ4n) is 1.95. The van der Waals surface area contributed by atoms with Crippen LogP contribution in [0.2, 0.25) is 0 Å². The Morgan fingerprint density at radius 3 is 2.80 bits per heavy atom. The molecule has 10 heavy (non-hydrogen) atoms. The van der Waals surface area contributed by atoms with Crippen molar-refractivity contribution in [3.8, 4) is 0 Å². The molecule has 2 aliphatic rings. The van der Waals surface area contributed by atoms with Crippen molar-refractivity contribution in [2.75, 3.05) is 0 Å². The van der Waals surface area contributed by atoms with Gasteiger partial charge >= 0.3 is 0 Å². The van der Waals surface area contributed by atoms with Crippen molar-refractivity contribution < 1.29 is 0 Å². The fraction of sp³-hybridized carbons (Fsp3) is 0.714.